The van der Waals surface area contributed by atoms with Crippen molar-refractivity contribution in [1.82, 2.24) is 19.9 Å². The third kappa shape index (κ3) is 4.99. The van der Waals surface area contributed by atoms with Crippen LogP contribution < -0.4 is 0 Å². The van der Waals surface area contributed by atoms with E-state index in [-0.39, 0.29) is 18.1 Å². The van der Waals surface area contributed by atoms with Crippen molar-refractivity contribution < 1.29 is 13.7 Å². The smallest absolute Gasteiger partial charge is 0.258 e. The molecule has 1 aromatic heterocycles. The Kier molecular flexibility index (Phi) is 5.87. The van der Waals surface area contributed by atoms with Crippen LogP contribution in [-0.2, 0) is 17.8 Å². The van der Waals surface area contributed by atoms with E-state index in [0.29, 0.717) is 41.9 Å². The maximum atomic E-state index is 13.3. The Hall–Kier alpha value is -2.77. The first kappa shape index (κ1) is 19.5. The molecule has 0 atom stereocenters. The summed E-state index contributed by atoms with van der Waals surface area (Å²) in [5, 5.41) is 4.66. The fraction of sp³-hybridized carbons (Fsp3) is 0.286. The van der Waals surface area contributed by atoms with E-state index in [1.165, 1.54) is 12.1 Å². The molecule has 1 amide bonds. The standard InChI is InChI=1S/C21H20ClFN4O2/c22-17-5-2-4-16(13-17)21-24-19(25-29-21)14-26-7-9-27(10-8-26)20(28)12-15-3-1-6-18(23)11-15/h1-6,11,13H,7-10,12,14H2. The first-order valence-corrected chi connectivity index (χ1v) is 9.78. The highest BCUT2D eigenvalue weighted by Crippen LogP contribution is 2.21. The summed E-state index contributed by atoms with van der Waals surface area (Å²) in [6.07, 6.45) is 0.214. The highest BCUT2D eigenvalue weighted by atomic mass is 35.5. The summed E-state index contributed by atoms with van der Waals surface area (Å²) in [4.78, 5) is 20.9. The Labute approximate surface area is 172 Å². The lowest BCUT2D eigenvalue weighted by Crippen LogP contribution is -2.48. The Bertz CT molecular complexity index is 1000. The molecule has 0 spiro atoms. The Morgan fingerprint density at radius 1 is 1.10 bits per heavy atom. The Morgan fingerprint density at radius 3 is 2.66 bits per heavy atom. The number of carbonyl (C=O) groups is 1. The Morgan fingerprint density at radius 2 is 1.90 bits per heavy atom. The molecule has 3 aromatic rings. The molecule has 2 heterocycles. The molecule has 0 saturated carbocycles. The molecule has 150 valence electrons. The maximum Gasteiger partial charge on any atom is 0.258 e. The van der Waals surface area contributed by atoms with Gasteiger partial charge in [-0.2, -0.15) is 4.98 Å². The zero-order valence-electron chi connectivity index (χ0n) is 15.7. The molecule has 8 heteroatoms. The van der Waals surface area contributed by atoms with Crippen LogP contribution >= 0.6 is 11.6 Å². The van der Waals surface area contributed by atoms with Gasteiger partial charge in [0, 0.05) is 36.8 Å². The van der Waals surface area contributed by atoms with E-state index in [2.05, 4.69) is 15.0 Å². The predicted molar refractivity (Wildman–Crippen MR) is 107 cm³/mol. The second-order valence-corrected chi connectivity index (χ2v) is 7.43. The van der Waals surface area contributed by atoms with Crippen molar-refractivity contribution in [2.75, 3.05) is 26.2 Å². The zero-order valence-corrected chi connectivity index (χ0v) is 16.5. The molecular weight excluding hydrogens is 395 g/mol. The number of benzene rings is 2. The van der Waals surface area contributed by atoms with E-state index in [1.54, 1.807) is 24.3 Å². The lowest BCUT2D eigenvalue weighted by molar-refractivity contribution is -0.132. The molecule has 1 aliphatic heterocycles. The van der Waals surface area contributed by atoms with Gasteiger partial charge in [0.05, 0.1) is 13.0 Å². The van der Waals surface area contributed by atoms with Gasteiger partial charge in [0.2, 0.25) is 5.91 Å². The average molecular weight is 415 g/mol. The van der Waals surface area contributed by atoms with Gasteiger partial charge >= 0.3 is 0 Å². The summed E-state index contributed by atoms with van der Waals surface area (Å²) in [6, 6.07) is 13.4. The van der Waals surface area contributed by atoms with Gasteiger partial charge in [0.1, 0.15) is 5.82 Å². The molecule has 29 heavy (non-hydrogen) atoms. The number of piperazine rings is 1. The van der Waals surface area contributed by atoms with Gasteiger partial charge in [0.15, 0.2) is 5.82 Å². The van der Waals surface area contributed by atoms with Crippen LogP contribution in [0.2, 0.25) is 5.02 Å². The third-order valence-corrected chi connectivity index (χ3v) is 5.11. The second kappa shape index (κ2) is 8.71. The minimum atomic E-state index is -0.322. The van der Waals surface area contributed by atoms with Gasteiger partial charge < -0.3 is 9.42 Å². The molecule has 1 aliphatic rings. The molecule has 0 N–H and O–H groups in total. The van der Waals surface area contributed by atoms with Crippen molar-refractivity contribution in [2.24, 2.45) is 0 Å². The number of carbonyl (C=O) groups excluding carboxylic acids is 1. The lowest BCUT2D eigenvalue weighted by atomic mass is 10.1. The van der Waals surface area contributed by atoms with Crippen LogP contribution in [-0.4, -0.2) is 52.0 Å². The van der Waals surface area contributed by atoms with E-state index in [0.717, 1.165) is 18.7 Å². The van der Waals surface area contributed by atoms with Crippen molar-refractivity contribution in [2.45, 2.75) is 13.0 Å². The van der Waals surface area contributed by atoms with Gasteiger partial charge in [-0.05, 0) is 35.9 Å². The van der Waals surface area contributed by atoms with Gasteiger partial charge in [-0.25, -0.2) is 4.39 Å². The Balaban J connectivity index is 1.29. The molecule has 0 bridgehead atoms. The van der Waals surface area contributed by atoms with E-state index < -0.39 is 0 Å². The van der Waals surface area contributed by atoms with Crippen molar-refractivity contribution >= 4 is 17.5 Å². The van der Waals surface area contributed by atoms with Gasteiger partial charge in [-0.3, -0.25) is 9.69 Å². The van der Waals surface area contributed by atoms with Crippen LogP contribution in [0.1, 0.15) is 11.4 Å². The molecule has 6 nitrogen and oxygen atoms in total. The van der Waals surface area contributed by atoms with E-state index >= 15 is 0 Å². The predicted octanol–water partition coefficient (Wildman–Crippen LogP) is 3.42. The third-order valence-electron chi connectivity index (χ3n) is 4.87. The van der Waals surface area contributed by atoms with Crippen LogP contribution in [0.25, 0.3) is 11.5 Å². The van der Waals surface area contributed by atoms with Crippen LogP contribution in [0, 0.1) is 5.82 Å². The van der Waals surface area contributed by atoms with E-state index in [9.17, 15) is 9.18 Å². The van der Waals surface area contributed by atoms with Gasteiger partial charge in [0.25, 0.3) is 5.89 Å². The molecule has 1 fully saturated rings. The van der Waals surface area contributed by atoms with Crippen molar-refractivity contribution in [3.8, 4) is 11.5 Å². The van der Waals surface area contributed by atoms with Crippen LogP contribution in [0.15, 0.2) is 53.1 Å². The van der Waals surface area contributed by atoms with Crippen LogP contribution in [0.4, 0.5) is 4.39 Å². The fourth-order valence-electron chi connectivity index (χ4n) is 3.35. The highest BCUT2D eigenvalue weighted by molar-refractivity contribution is 6.30. The molecular formula is C21H20ClFN4O2. The summed E-state index contributed by atoms with van der Waals surface area (Å²) in [5.41, 5.74) is 1.47. The lowest BCUT2D eigenvalue weighted by Gasteiger charge is -2.34. The number of aromatic nitrogens is 2. The SMILES string of the molecule is O=C(Cc1cccc(F)c1)N1CCN(Cc2noc(-c3cccc(Cl)c3)n2)CC1. The first-order chi connectivity index (χ1) is 14.1. The monoisotopic (exact) mass is 414 g/mol. The second-order valence-electron chi connectivity index (χ2n) is 6.99. The summed E-state index contributed by atoms with van der Waals surface area (Å²) < 4.78 is 18.6. The number of hydrogen-bond donors (Lipinski definition) is 0. The maximum absolute atomic E-state index is 13.3. The topological polar surface area (TPSA) is 62.5 Å². The van der Waals surface area contributed by atoms with Crippen LogP contribution in [0.3, 0.4) is 0 Å². The number of rotatable bonds is 5. The quantitative estimate of drug-likeness (QED) is 0.640. The molecule has 0 radical (unpaired) electrons. The molecule has 1 saturated heterocycles. The summed E-state index contributed by atoms with van der Waals surface area (Å²) in [7, 11) is 0. The normalized spacial score (nSPS) is 14.9. The minimum absolute atomic E-state index is 0.0121. The molecule has 4 rings (SSSR count). The van der Waals surface area contributed by atoms with Gasteiger partial charge in [-0.15, -0.1) is 0 Å². The molecule has 0 unspecified atom stereocenters. The van der Waals surface area contributed by atoms with Crippen molar-refractivity contribution in [3.05, 3.63) is 70.8 Å². The largest absolute Gasteiger partial charge is 0.340 e. The fourth-order valence-corrected chi connectivity index (χ4v) is 3.54. The van der Waals surface area contributed by atoms with Crippen molar-refractivity contribution in [1.29, 1.82) is 0 Å². The summed E-state index contributed by atoms with van der Waals surface area (Å²) >= 11 is 6.01. The number of hydrogen-bond acceptors (Lipinski definition) is 5. The number of amides is 1. The zero-order chi connectivity index (χ0) is 20.2. The van der Waals surface area contributed by atoms with E-state index in [1.807, 2.05) is 17.0 Å². The first-order valence-electron chi connectivity index (χ1n) is 9.40. The highest BCUT2D eigenvalue weighted by Gasteiger charge is 2.22. The van der Waals surface area contributed by atoms with Crippen molar-refractivity contribution in [3.63, 3.8) is 0 Å². The molecule has 0 aliphatic carbocycles. The van der Waals surface area contributed by atoms with E-state index in [4.69, 9.17) is 16.1 Å². The summed E-state index contributed by atoms with van der Waals surface area (Å²) in [6.45, 7) is 3.22. The number of nitrogens with zero attached hydrogens (tertiary/aromatic N) is 4. The van der Waals surface area contributed by atoms with Gasteiger partial charge in [-0.1, -0.05) is 35.0 Å². The number of halogens is 2. The molecule has 2 aromatic carbocycles. The van der Waals surface area contributed by atoms with Crippen LogP contribution in [0.5, 0.6) is 0 Å². The average Bonchev–Trinajstić information content (AvgIpc) is 3.17. The minimum Gasteiger partial charge on any atom is -0.340 e. The summed E-state index contributed by atoms with van der Waals surface area (Å²) in [5.74, 6) is 0.723.